The van der Waals surface area contributed by atoms with Gasteiger partial charge >= 0.3 is 0 Å². The molecule has 1 saturated heterocycles. The fourth-order valence-electron chi connectivity index (χ4n) is 5.78. The summed E-state index contributed by atoms with van der Waals surface area (Å²) in [7, 11) is 3.14. The third-order valence-corrected chi connectivity index (χ3v) is 7.96. The van der Waals surface area contributed by atoms with E-state index in [0.29, 0.717) is 36.0 Å². The Bertz CT molecular complexity index is 1540. The Labute approximate surface area is 236 Å². The Morgan fingerprint density at radius 2 is 1.83 bits per heavy atom. The monoisotopic (exact) mass is 570 g/mol. The molecule has 3 heterocycles. The largest absolute Gasteiger partial charge is 0.348 e. The number of hydrogen-bond donors (Lipinski definition) is 2. The van der Waals surface area contributed by atoms with Crippen molar-refractivity contribution in [3.63, 3.8) is 0 Å². The number of alkyl halides is 2. The van der Waals surface area contributed by atoms with Crippen LogP contribution in [0, 0.1) is 17.6 Å². The highest BCUT2D eigenvalue weighted by Crippen LogP contribution is 2.41. The highest BCUT2D eigenvalue weighted by Gasteiger charge is 2.42. The van der Waals surface area contributed by atoms with E-state index in [4.69, 9.17) is 0 Å². The van der Waals surface area contributed by atoms with Crippen molar-refractivity contribution >= 4 is 28.3 Å². The minimum atomic E-state index is -3.02. The molecular formula is C31H34F4N4O2. The van der Waals surface area contributed by atoms with Crippen molar-refractivity contribution in [2.45, 2.75) is 38.5 Å². The van der Waals surface area contributed by atoms with E-state index in [1.165, 1.54) is 29.2 Å². The Morgan fingerprint density at radius 3 is 2.49 bits per heavy atom. The van der Waals surface area contributed by atoms with E-state index in [-0.39, 0.29) is 58.6 Å². The summed E-state index contributed by atoms with van der Waals surface area (Å²) < 4.78 is 61.1. The summed E-state index contributed by atoms with van der Waals surface area (Å²) in [6, 6.07) is 7.09. The molecule has 0 unspecified atom stereocenters. The van der Waals surface area contributed by atoms with Gasteiger partial charge in [0.2, 0.25) is 5.91 Å². The molecule has 2 aliphatic rings. The smallest absolute Gasteiger partial charge is 0.269 e. The molecule has 3 aromatic rings. The molecule has 2 N–H and O–H groups in total. The number of amides is 2. The number of aromatic nitrogens is 1. The average Bonchev–Trinajstić information content (AvgIpc) is 3.38. The van der Waals surface area contributed by atoms with Gasteiger partial charge in [0.1, 0.15) is 11.5 Å². The predicted octanol–water partition coefficient (Wildman–Crippen LogP) is 5.80. The van der Waals surface area contributed by atoms with E-state index in [1.807, 2.05) is 6.08 Å². The average molecular weight is 571 g/mol. The molecule has 5 rings (SSSR count). The number of hydrogen-bond acceptors (Lipinski definition) is 3. The van der Waals surface area contributed by atoms with Gasteiger partial charge in [-0.15, -0.1) is 0 Å². The van der Waals surface area contributed by atoms with Crippen LogP contribution in [0.2, 0.25) is 0 Å². The second kappa shape index (κ2) is 11.0. The summed E-state index contributed by atoms with van der Waals surface area (Å²) in [6.45, 7) is 4.25. The van der Waals surface area contributed by atoms with Crippen LogP contribution in [0.4, 0.5) is 17.6 Å². The van der Waals surface area contributed by atoms with Gasteiger partial charge in [-0.2, -0.15) is 0 Å². The summed E-state index contributed by atoms with van der Waals surface area (Å²) in [5.41, 5.74) is 1.55. The van der Waals surface area contributed by atoms with Crippen molar-refractivity contribution in [3.05, 3.63) is 64.9 Å². The van der Waals surface area contributed by atoms with Crippen LogP contribution < -0.4 is 5.32 Å². The summed E-state index contributed by atoms with van der Waals surface area (Å²) in [5.74, 6) is -6.12. The third-order valence-electron chi connectivity index (χ3n) is 7.96. The molecule has 0 bridgehead atoms. The van der Waals surface area contributed by atoms with E-state index in [0.717, 1.165) is 6.07 Å². The lowest BCUT2D eigenvalue weighted by Crippen LogP contribution is -2.44. The molecule has 218 valence electrons. The lowest BCUT2D eigenvalue weighted by Gasteiger charge is -2.32. The normalized spacial score (nSPS) is 19.0. The van der Waals surface area contributed by atoms with E-state index >= 15 is 8.78 Å². The molecule has 2 amide bonds. The van der Waals surface area contributed by atoms with Crippen LogP contribution in [-0.2, 0) is 4.79 Å². The zero-order chi connectivity index (χ0) is 29.6. The van der Waals surface area contributed by atoms with Crippen LogP contribution in [0.15, 0.2) is 36.4 Å². The van der Waals surface area contributed by atoms with Crippen molar-refractivity contribution in [1.82, 2.24) is 20.1 Å². The van der Waals surface area contributed by atoms with E-state index in [1.54, 1.807) is 32.8 Å². The maximum absolute atomic E-state index is 16.1. The number of fused-ring (bicyclic) bond motifs is 1. The first kappa shape index (κ1) is 28.9. The maximum atomic E-state index is 16.1. The second-order valence-corrected chi connectivity index (χ2v) is 11.4. The van der Waals surface area contributed by atoms with Crippen molar-refractivity contribution in [2.75, 3.05) is 40.3 Å². The predicted molar refractivity (Wildman–Crippen MR) is 151 cm³/mol. The quantitative estimate of drug-likeness (QED) is 0.381. The first-order chi connectivity index (χ1) is 19.4. The summed E-state index contributed by atoms with van der Waals surface area (Å²) in [6.07, 6.45) is 2.57. The highest BCUT2D eigenvalue weighted by molar-refractivity contribution is 6.04. The van der Waals surface area contributed by atoms with Crippen molar-refractivity contribution in [1.29, 1.82) is 0 Å². The minimum Gasteiger partial charge on any atom is -0.348 e. The first-order valence-electron chi connectivity index (χ1n) is 13.8. The molecule has 0 aliphatic carbocycles. The number of aromatic amines is 1. The molecule has 1 fully saturated rings. The van der Waals surface area contributed by atoms with Gasteiger partial charge in [0.25, 0.3) is 11.8 Å². The third kappa shape index (κ3) is 5.37. The van der Waals surface area contributed by atoms with Crippen molar-refractivity contribution < 1.29 is 27.2 Å². The molecule has 10 heteroatoms. The molecule has 2 aromatic carbocycles. The van der Waals surface area contributed by atoms with E-state index in [2.05, 4.69) is 10.3 Å². The zero-order valence-corrected chi connectivity index (χ0v) is 23.6. The summed E-state index contributed by atoms with van der Waals surface area (Å²) >= 11 is 0. The van der Waals surface area contributed by atoms with Gasteiger partial charge in [0, 0.05) is 49.6 Å². The number of nitrogens with zero attached hydrogens (tertiary/aromatic N) is 2. The Hall–Kier alpha value is -3.66. The molecule has 1 atom stereocenters. The van der Waals surface area contributed by atoms with Gasteiger partial charge in [-0.3, -0.25) is 9.59 Å². The standard InChI is InChI=1S/C31H34F4N4O2/c1-17(2)29(40)39-11-5-6-19(15-39)21-13-22(23-14-26(30(41)38(3)4)37-28(23)27(21)33)20-8-7-18(12-25(20)32)24-9-10-36-16-31(24,34)35/h6-8,12-14,17,24,36-37H,5,9-11,15-16H2,1-4H3/t24-/m1/s1. The fourth-order valence-corrected chi connectivity index (χ4v) is 5.78. The van der Waals surface area contributed by atoms with Crippen LogP contribution in [0.3, 0.4) is 0 Å². The lowest BCUT2D eigenvalue weighted by molar-refractivity contribution is -0.133. The Balaban J connectivity index is 1.65. The van der Waals surface area contributed by atoms with Gasteiger partial charge in [-0.25, -0.2) is 17.6 Å². The van der Waals surface area contributed by atoms with Crippen molar-refractivity contribution in [2.24, 2.45) is 5.92 Å². The Kier molecular flexibility index (Phi) is 7.72. The number of rotatable bonds is 5. The number of benzene rings is 2. The molecule has 0 saturated carbocycles. The zero-order valence-electron chi connectivity index (χ0n) is 23.6. The number of carbonyl (C=O) groups is 2. The summed E-state index contributed by atoms with van der Waals surface area (Å²) in [4.78, 5) is 31.4. The van der Waals surface area contributed by atoms with Gasteiger partial charge in [-0.1, -0.05) is 32.1 Å². The molecule has 41 heavy (non-hydrogen) atoms. The van der Waals surface area contributed by atoms with E-state index < -0.39 is 30.0 Å². The van der Waals surface area contributed by atoms with E-state index in [9.17, 15) is 18.4 Å². The number of nitrogens with one attached hydrogen (secondary N) is 2. The van der Waals surface area contributed by atoms with Crippen LogP contribution in [0.5, 0.6) is 0 Å². The Morgan fingerprint density at radius 1 is 1.07 bits per heavy atom. The topological polar surface area (TPSA) is 68.4 Å². The minimum absolute atomic E-state index is 0.0317. The van der Waals surface area contributed by atoms with Crippen LogP contribution in [-0.4, -0.2) is 72.8 Å². The molecule has 0 radical (unpaired) electrons. The van der Waals surface area contributed by atoms with Gasteiger partial charge in [0.15, 0.2) is 5.82 Å². The second-order valence-electron chi connectivity index (χ2n) is 11.4. The molecule has 2 aliphatic heterocycles. The van der Waals surface area contributed by atoms with Gasteiger partial charge in [-0.05, 0) is 54.3 Å². The highest BCUT2D eigenvalue weighted by atomic mass is 19.3. The number of piperidine rings is 1. The summed E-state index contributed by atoms with van der Waals surface area (Å²) in [5, 5.41) is 2.97. The number of halogens is 4. The van der Waals surface area contributed by atoms with Gasteiger partial charge < -0.3 is 20.1 Å². The maximum Gasteiger partial charge on any atom is 0.269 e. The van der Waals surface area contributed by atoms with Crippen LogP contribution >= 0.6 is 0 Å². The van der Waals surface area contributed by atoms with Crippen molar-refractivity contribution in [3.8, 4) is 11.1 Å². The van der Waals surface area contributed by atoms with Crippen LogP contribution in [0.25, 0.3) is 27.6 Å². The first-order valence-corrected chi connectivity index (χ1v) is 13.8. The van der Waals surface area contributed by atoms with Crippen LogP contribution in [0.1, 0.15) is 54.2 Å². The molecular weight excluding hydrogens is 536 g/mol. The number of H-pyrrole nitrogens is 1. The molecule has 6 nitrogen and oxygen atoms in total. The number of carbonyl (C=O) groups excluding carboxylic acids is 2. The SMILES string of the molecule is CC(C)C(=O)N1CCC=C(c2cc(-c3ccc([C@H]4CCNCC4(F)F)cc3F)c3cc(C(=O)N(C)C)[nH]c3c2F)C1. The molecule has 0 spiro atoms. The lowest BCUT2D eigenvalue weighted by atomic mass is 9.85. The molecule has 1 aromatic heterocycles. The fraction of sp³-hybridized carbons (Fsp3) is 0.419. The van der Waals surface area contributed by atoms with Gasteiger partial charge in [0.05, 0.1) is 18.0 Å².